The highest BCUT2D eigenvalue weighted by molar-refractivity contribution is 7.13. The zero-order valence-electron chi connectivity index (χ0n) is 26.6. The first-order valence-corrected chi connectivity index (χ1v) is 9.49. The van der Waals surface area contributed by atoms with Crippen LogP contribution in [-0.2, 0) is 17.6 Å². The number of aryl methyl sites for hydroxylation is 1. The number of nitrogens with one attached hydrogen (secondary N) is 1. The van der Waals surface area contributed by atoms with Gasteiger partial charge in [0.05, 0.1) is 25.0 Å². The number of nitrogens with two attached hydrogens (primary N) is 1. The lowest BCUT2D eigenvalue weighted by molar-refractivity contribution is -0.115. The zero-order valence-corrected chi connectivity index (χ0v) is 16.4. The summed E-state index contributed by atoms with van der Waals surface area (Å²) in [4.78, 5) is 16.3. The first-order chi connectivity index (χ1) is 18.3. The van der Waals surface area contributed by atoms with Gasteiger partial charge in [0, 0.05) is 19.3 Å². The minimum atomic E-state index is -2.63. The van der Waals surface area contributed by atoms with Crippen molar-refractivity contribution in [2.24, 2.45) is 0 Å². The molecule has 1 heterocycles. The third kappa shape index (κ3) is 6.69. The summed E-state index contributed by atoms with van der Waals surface area (Å²) in [6.45, 7) is 1.36. The number of aliphatic hydroxyl groups is 1. The van der Waals surface area contributed by atoms with Gasteiger partial charge in [-0.1, -0.05) is 48.3 Å². The van der Waals surface area contributed by atoms with Gasteiger partial charge in [-0.25, -0.2) is 4.98 Å². The van der Waals surface area contributed by atoms with Crippen LogP contribution in [0, 0.1) is 6.92 Å². The van der Waals surface area contributed by atoms with Gasteiger partial charge in [0.2, 0.25) is 5.91 Å². The largest absolute Gasteiger partial charge is 0.388 e. The quantitative estimate of drug-likeness (QED) is 0.470. The van der Waals surface area contributed by atoms with E-state index in [1.807, 2.05) is 0 Å². The van der Waals surface area contributed by atoms with Gasteiger partial charge in [-0.3, -0.25) is 4.79 Å². The second-order valence-electron chi connectivity index (χ2n) is 6.03. The number of hydrogen-bond donors (Lipinski definition) is 3. The highest BCUT2D eigenvalue weighted by Crippen LogP contribution is 2.21. The van der Waals surface area contributed by atoms with Crippen LogP contribution in [-0.4, -0.2) is 16.0 Å². The number of aliphatic hydroxyl groups excluding tert-OH is 1. The topological polar surface area (TPSA) is 88.2 Å². The third-order valence-electron chi connectivity index (χ3n) is 3.71. The molecule has 0 aliphatic heterocycles. The molecule has 4 N–H and O–H groups in total. The molecular weight excluding hydrogens is 382 g/mol. The zero-order chi connectivity index (χ0) is 30.4. The van der Waals surface area contributed by atoms with Crippen molar-refractivity contribution in [3.05, 3.63) is 76.2 Å². The van der Waals surface area contributed by atoms with Gasteiger partial charge < -0.3 is 16.2 Å². The second-order valence-corrected chi connectivity index (χ2v) is 6.85. The Labute approximate surface area is 191 Å². The molecule has 29 heavy (non-hydrogen) atoms. The number of anilines is 2. The summed E-state index contributed by atoms with van der Waals surface area (Å²) in [5.41, 5.74) is 5.21. The molecule has 0 saturated carbocycles. The van der Waals surface area contributed by atoms with E-state index < -0.39 is 66.9 Å². The Bertz CT molecular complexity index is 1400. The maximum atomic E-state index is 12.5. The summed E-state index contributed by atoms with van der Waals surface area (Å²) in [5.74, 6) is -1.08. The number of aromatic nitrogens is 1. The summed E-state index contributed by atoms with van der Waals surface area (Å²) < 4.78 is 89.1. The summed E-state index contributed by atoms with van der Waals surface area (Å²) in [6.07, 6.45) is -10.7. The number of amides is 1. The summed E-state index contributed by atoms with van der Waals surface area (Å²) in [5, 5.41) is 12.8. The van der Waals surface area contributed by atoms with Crippen LogP contribution >= 0.6 is 11.3 Å². The smallest absolute Gasteiger partial charge is 0.230 e. The van der Waals surface area contributed by atoms with E-state index >= 15 is 0 Å². The number of hydrogen-bond acceptors (Lipinski definition) is 5. The van der Waals surface area contributed by atoms with Crippen LogP contribution in [0.25, 0.3) is 0 Å². The van der Waals surface area contributed by atoms with Gasteiger partial charge in [-0.05, 0) is 49.4 Å². The molecule has 2 aromatic carbocycles. The molecule has 0 aliphatic rings. The summed E-state index contributed by atoms with van der Waals surface area (Å²) >= 11 is 0.735. The molecule has 0 radical (unpaired) electrons. The minimum Gasteiger partial charge on any atom is -0.388 e. The lowest BCUT2D eigenvalue weighted by Crippen LogP contribution is -2.14. The maximum absolute atomic E-state index is 12.5. The average Bonchev–Trinajstić information content (AvgIpc) is 3.20. The van der Waals surface area contributed by atoms with E-state index in [0.717, 1.165) is 11.3 Å². The van der Waals surface area contributed by atoms with Gasteiger partial charge in [0.1, 0.15) is 0 Å². The lowest BCUT2D eigenvalue weighted by atomic mass is 10.00. The number of benzene rings is 2. The monoisotopic (exact) mass is 420 g/mol. The molecule has 152 valence electrons. The highest BCUT2D eigenvalue weighted by Gasteiger charge is 2.08. The van der Waals surface area contributed by atoms with Crippen LogP contribution in [0.5, 0.6) is 0 Å². The fourth-order valence-electron chi connectivity index (χ4n) is 2.36. The van der Waals surface area contributed by atoms with Crippen LogP contribution in [0.2, 0.25) is 0 Å². The van der Waals surface area contributed by atoms with Crippen LogP contribution in [0.4, 0.5) is 10.8 Å². The molecule has 6 heteroatoms. The van der Waals surface area contributed by atoms with E-state index in [4.69, 9.17) is 20.8 Å². The number of thiazole rings is 1. The van der Waals surface area contributed by atoms with E-state index in [-0.39, 0.29) is 34.2 Å². The Hall–Kier alpha value is -2.70. The highest BCUT2D eigenvalue weighted by atomic mass is 32.1. The molecule has 0 unspecified atom stereocenters. The van der Waals surface area contributed by atoms with Gasteiger partial charge >= 0.3 is 0 Å². The maximum Gasteiger partial charge on any atom is 0.230 e. The molecule has 0 aliphatic carbocycles. The summed E-state index contributed by atoms with van der Waals surface area (Å²) in [6, 6.07) is 3.69. The Morgan fingerprint density at radius 1 is 1.38 bits per heavy atom. The molecule has 5 nitrogen and oxygen atoms in total. The molecule has 0 fully saturated rings. The Morgan fingerprint density at radius 2 is 2.17 bits per heavy atom. The van der Waals surface area contributed by atoms with Crippen molar-refractivity contribution in [2.45, 2.75) is 45.0 Å². The number of nitrogen functional groups attached to an aromatic ring is 1. The van der Waals surface area contributed by atoms with Gasteiger partial charge in [-0.15, -0.1) is 11.3 Å². The molecule has 0 spiro atoms. The first-order valence-electron chi connectivity index (χ1n) is 14.2. The number of rotatable bonds is 9. The van der Waals surface area contributed by atoms with Crippen molar-refractivity contribution in [1.82, 2.24) is 4.98 Å². The van der Waals surface area contributed by atoms with Crippen LogP contribution in [0.3, 0.4) is 0 Å². The van der Waals surface area contributed by atoms with Crippen molar-refractivity contribution in [1.29, 1.82) is 0 Å². The standard InChI is InChI=1S/C23H27N3O2S/c1-16-5-4-7-18(13-16)21(27)8-3-2-6-17-9-11-19(12-10-17)25-22(28)14-20-15-29-23(24)26-20/h4-5,7,9-13,15,21,27H,2-3,6,8,14H2,1H3,(H2,24,26)(H,25,28)/t21-/m0/s1/i2D2,4D,5D,7D,8D2,13D,14D2,15D. The molecule has 3 aromatic rings. The number of nitrogens with zero attached hydrogens (tertiary/aromatic N) is 1. The third-order valence-corrected chi connectivity index (χ3v) is 4.31. The van der Waals surface area contributed by atoms with Crippen LogP contribution < -0.4 is 11.1 Å². The lowest BCUT2D eigenvalue weighted by Gasteiger charge is -2.11. The van der Waals surface area contributed by atoms with Gasteiger partial charge in [0.15, 0.2) is 5.13 Å². The Kier molecular flexibility index (Phi) is 3.83. The number of carbonyl (C=O) groups excluding carboxylic acids is 1. The molecule has 1 aromatic heterocycles. The normalized spacial score (nSPS) is 18.9. The van der Waals surface area contributed by atoms with Gasteiger partial charge in [-0.2, -0.15) is 0 Å². The van der Waals surface area contributed by atoms with E-state index in [1.54, 1.807) is 0 Å². The molecular formula is C23H27N3O2S. The van der Waals surface area contributed by atoms with E-state index in [1.165, 1.54) is 31.2 Å². The summed E-state index contributed by atoms with van der Waals surface area (Å²) in [7, 11) is 0. The van der Waals surface area contributed by atoms with Crippen molar-refractivity contribution in [3.8, 4) is 0 Å². The van der Waals surface area contributed by atoms with Crippen molar-refractivity contribution >= 4 is 28.1 Å². The molecule has 0 bridgehead atoms. The van der Waals surface area contributed by atoms with Crippen LogP contribution in [0.1, 0.15) is 62.7 Å². The molecule has 1 amide bonds. The molecule has 3 rings (SSSR count). The van der Waals surface area contributed by atoms with Crippen molar-refractivity contribution in [3.63, 3.8) is 0 Å². The van der Waals surface area contributed by atoms with Gasteiger partial charge in [0.25, 0.3) is 0 Å². The van der Waals surface area contributed by atoms with Crippen LogP contribution in [0.15, 0.2) is 53.8 Å². The van der Waals surface area contributed by atoms with Crippen molar-refractivity contribution < 1.29 is 25.0 Å². The molecule has 0 saturated heterocycles. The van der Waals surface area contributed by atoms with E-state index in [9.17, 15) is 9.90 Å². The predicted molar refractivity (Wildman–Crippen MR) is 119 cm³/mol. The fourth-order valence-corrected chi connectivity index (χ4v) is 2.79. The van der Waals surface area contributed by atoms with E-state index in [2.05, 4.69) is 10.3 Å². The predicted octanol–water partition coefficient (Wildman–Crippen LogP) is 4.66. The van der Waals surface area contributed by atoms with E-state index in [0.29, 0.717) is 5.56 Å². The average molecular weight is 421 g/mol. The Morgan fingerprint density at radius 3 is 2.90 bits per heavy atom. The Balaban J connectivity index is 1.73. The SMILES string of the molecule is [2H]c1sc(N)nc1C([2H])([2H])C(=O)Nc1ccc(CC([2H])([2H])CC([2H])([2H])[C@H](O)c2c([2H])c([2H])c([2H])c(C)c2[2H])cc1. The fraction of sp³-hybridized carbons (Fsp3) is 0.304. The second kappa shape index (κ2) is 10.2. The first kappa shape index (κ1) is 10.9. The molecule has 1 atom stereocenters. The number of carbonyl (C=O) groups is 1. The van der Waals surface area contributed by atoms with Crippen molar-refractivity contribution in [2.75, 3.05) is 11.1 Å². The minimum absolute atomic E-state index is 0.00460.